The van der Waals surface area contributed by atoms with Crippen molar-refractivity contribution in [3.8, 4) is 45.3 Å². The third kappa shape index (κ3) is 6.60. The predicted molar refractivity (Wildman–Crippen MR) is 266 cm³/mol. The van der Waals surface area contributed by atoms with Crippen LogP contribution in [0.15, 0.2) is 200 Å². The van der Waals surface area contributed by atoms with Gasteiger partial charge in [-0.05, 0) is 11.5 Å². The number of anilines is 2. The second-order valence-electron chi connectivity index (χ2n) is 17.4. The number of ether oxygens (including phenoxy) is 1. The Balaban J connectivity index is 1.01. The fourth-order valence-corrected chi connectivity index (χ4v) is 10.5. The molecule has 0 amide bonds. The Kier molecular flexibility index (Phi) is 8.40. The summed E-state index contributed by atoms with van der Waals surface area (Å²) in [5.74, 6) is 1.61. The molecule has 0 radical (unpaired) electrons. The van der Waals surface area contributed by atoms with Crippen LogP contribution in [0.2, 0.25) is 0 Å². The molecule has 0 spiro atoms. The van der Waals surface area contributed by atoms with Crippen molar-refractivity contribution in [2.45, 2.75) is 26.2 Å². The standard InChI is InChI=1S/C58H42BN5O.Pt/c1-58(2,3)42-36-54(63-53-35-19-31-49-48-28-13-14-32-50(48)64(57(49)53)59(63)43-24-11-6-12-25-43)60-55(37-42)65-45-27-17-26-44(38-45)61-39-62(52-34-16-15-33-51(52)61)56-46(40-20-7-4-8-21-40)29-18-30-47(56)41-22-9-5-10-23-41;/h4-34,36-37H,1-3H3;/q-2;/i4D,7D,8D,20D,21D;. The molecule has 11 aromatic rings. The van der Waals surface area contributed by atoms with Crippen molar-refractivity contribution >= 4 is 56.8 Å². The second kappa shape index (κ2) is 15.9. The molecule has 1 aliphatic heterocycles. The van der Waals surface area contributed by atoms with Crippen molar-refractivity contribution in [2.24, 2.45) is 0 Å². The third-order valence-corrected chi connectivity index (χ3v) is 13.4. The molecule has 0 N–H and O–H groups in total. The van der Waals surface area contributed by atoms with Gasteiger partial charge < -0.3 is 0 Å². The monoisotopic (exact) mass is 1040 g/mol. The van der Waals surface area contributed by atoms with Crippen LogP contribution in [0, 0.1) is 15.9 Å². The first kappa shape index (κ1) is 34.9. The molecule has 0 bridgehead atoms. The number of pyridine rings is 1. The number of benzene rings is 8. The van der Waals surface area contributed by atoms with Crippen molar-refractivity contribution in [3.05, 3.63) is 222 Å². The first-order valence-electron chi connectivity index (χ1n) is 24.3. The first-order valence-corrected chi connectivity index (χ1v) is 23.0. The van der Waals surface area contributed by atoms with Crippen molar-refractivity contribution in [1.29, 1.82) is 0 Å². The third-order valence-electron chi connectivity index (χ3n) is 12.4. The van der Waals surface area contributed by atoms with Crippen LogP contribution >= 0.6 is 0 Å². The van der Waals surface area contributed by atoms with Gasteiger partial charge in [0, 0.05) is 5.52 Å². The van der Waals surface area contributed by atoms with Crippen molar-refractivity contribution < 1.29 is 30.9 Å². The van der Waals surface area contributed by atoms with E-state index in [1.807, 2.05) is 109 Å². The summed E-state index contributed by atoms with van der Waals surface area (Å²) in [6.45, 7) is 6.33. The van der Waals surface area contributed by atoms with E-state index in [1.54, 1.807) is 0 Å². The van der Waals surface area contributed by atoms with Gasteiger partial charge in [-0.3, -0.25) is 0 Å². The number of imidazole rings is 1. The maximum atomic E-state index is 9.10. The SMILES string of the molecule is [2H]c1c([2H])c([2H])c(-c2cccc(-c3ccccc3)c2-n2[c](=[Pt])n(-c3[c-]c(Oc4cc(C(C)(C)C)cc(N5B(c6ccccc6)n6c7ccccc7c7cc[c-]c5c76)n4)ccc3)c3ccccc32)c([2H])c1[2H]. The van der Waals surface area contributed by atoms with E-state index in [2.05, 4.69) is 131 Å². The van der Waals surface area contributed by atoms with E-state index >= 15 is 0 Å². The van der Waals surface area contributed by atoms with E-state index in [-0.39, 0.29) is 30.0 Å². The molecule has 66 heavy (non-hydrogen) atoms. The minimum absolute atomic E-state index is 0.121. The number of hydrogen-bond acceptors (Lipinski definition) is 3. The van der Waals surface area contributed by atoms with Gasteiger partial charge in [-0.1, -0.05) is 48.5 Å². The summed E-state index contributed by atoms with van der Waals surface area (Å²) >= 11 is 2.32. The van der Waals surface area contributed by atoms with Gasteiger partial charge in [-0.15, -0.1) is 5.39 Å². The summed E-state index contributed by atoms with van der Waals surface area (Å²) in [5.41, 5.74) is 10.5. The zero-order chi connectivity index (χ0) is 48.9. The summed E-state index contributed by atoms with van der Waals surface area (Å²) in [5, 5.41) is 2.36. The van der Waals surface area contributed by atoms with E-state index < -0.39 is 18.1 Å². The van der Waals surface area contributed by atoms with Gasteiger partial charge >= 0.3 is 321 Å². The summed E-state index contributed by atoms with van der Waals surface area (Å²) < 4.78 is 58.1. The average molecular weight is 1040 g/mol. The van der Waals surface area contributed by atoms with Crippen LogP contribution in [0.3, 0.4) is 0 Å². The number of rotatable bonds is 8. The fourth-order valence-electron chi connectivity index (χ4n) is 9.42. The molecule has 1 aliphatic rings. The Hall–Kier alpha value is -7.47. The molecule has 8 aromatic carbocycles. The van der Waals surface area contributed by atoms with Crippen LogP contribution in [0.25, 0.3) is 66.5 Å². The molecule has 3 aromatic heterocycles. The molecule has 0 aliphatic carbocycles. The molecular formula is C58H42BN5OPt-2. The van der Waals surface area contributed by atoms with Crippen LogP contribution in [0.1, 0.15) is 33.2 Å². The Morgan fingerprint density at radius 1 is 0.652 bits per heavy atom. The molecule has 12 rings (SSSR count). The van der Waals surface area contributed by atoms with Crippen molar-refractivity contribution in [1.82, 2.24) is 18.6 Å². The molecule has 0 unspecified atom stereocenters. The fraction of sp³-hybridized carbons (Fsp3) is 0.0690. The van der Waals surface area contributed by atoms with Crippen molar-refractivity contribution in [3.63, 3.8) is 0 Å². The van der Waals surface area contributed by atoms with Gasteiger partial charge in [0.2, 0.25) is 0 Å². The Morgan fingerprint density at radius 2 is 1.32 bits per heavy atom. The number of fused-ring (bicyclic) bond motifs is 4. The van der Waals surface area contributed by atoms with Crippen LogP contribution < -0.4 is 15.0 Å². The number of para-hydroxylation sites is 4. The van der Waals surface area contributed by atoms with Crippen LogP contribution in [-0.4, -0.2) is 25.6 Å². The zero-order valence-corrected chi connectivity index (χ0v) is 38.5. The normalized spacial score (nSPS) is 13.6. The van der Waals surface area contributed by atoms with E-state index in [1.165, 1.54) is 5.39 Å². The first-order chi connectivity index (χ1) is 34.4. The van der Waals surface area contributed by atoms with Crippen LogP contribution in [-0.2, 0) is 24.8 Å². The van der Waals surface area contributed by atoms with Gasteiger partial charge in [0.15, 0.2) is 0 Å². The molecule has 4 heterocycles. The molecule has 6 nitrogen and oxygen atoms in total. The van der Waals surface area contributed by atoms with Gasteiger partial charge in [0.05, 0.1) is 0 Å². The average Bonchev–Trinajstić information content (AvgIpc) is 4.02. The predicted octanol–water partition coefficient (Wildman–Crippen LogP) is 13.4. The Labute approximate surface area is 402 Å². The summed E-state index contributed by atoms with van der Waals surface area (Å²) in [7, 11) is 0. The summed E-state index contributed by atoms with van der Waals surface area (Å²) in [6.07, 6.45) is 0. The van der Waals surface area contributed by atoms with Crippen LogP contribution in [0.5, 0.6) is 11.6 Å². The van der Waals surface area contributed by atoms with Gasteiger partial charge in [-0.25, -0.2) is 0 Å². The number of aromatic nitrogens is 4. The maximum absolute atomic E-state index is 9.10. The van der Waals surface area contributed by atoms with Crippen molar-refractivity contribution in [2.75, 3.05) is 4.81 Å². The second-order valence-corrected chi connectivity index (χ2v) is 18.4. The van der Waals surface area contributed by atoms with E-state index in [4.69, 9.17) is 16.6 Å². The summed E-state index contributed by atoms with van der Waals surface area (Å²) in [6, 6.07) is 62.4. The van der Waals surface area contributed by atoms with E-state index in [0.29, 0.717) is 28.6 Å². The number of hydrogen-bond donors (Lipinski definition) is 0. The number of nitrogens with zero attached hydrogens (tertiary/aromatic N) is 5. The molecule has 0 saturated carbocycles. The quantitative estimate of drug-likeness (QED) is 0.112. The molecule has 0 fully saturated rings. The van der Waals surface area contributed by atoms with E-state index in [0.717, 1.165) is 64.9 Å². The molecule has 320 valence electrons. The molecular weight excluding hydrogens is 989 g/mol. The van der Waals surface area contributed by atoms with Gasteiger partial charge in [0.1, 0.15) is 0 Å². The Bertz CT molecular complexity index is 3990. The zero-order valence-electron chi connectivity index (χ0n) is 41.2. The van der Waals surface area contributed by atoms with Gasteiger partial charge in [0.25, 0.3) is 0 Å². The summed E-state index contributed by atoms with van der Waals surface area (Å²) in [4.78, 5) is 7.60. The molecule has 0 saturated heterocycles. The van der Waals surface area contributed by atoms with Crippen LogP contribution in [0.4, 0.5) is 11.5 Å². The molecule has 8 heteroatoms. The molecule has 0 atom stereocenters. The van der Waals surface area contributed by atoms with Gasteiger partial charge in [-0.2, -0.15) is 12.1 Å². The minimum atomic E-state index is -0.439. The Morgan fingerprint density at radius 3 is 2.08 bits per heavy atom. The topological polar surface area (TPSA) is 40.1 Å². The van der Waals surface area contributed by atoms with E-state index in [9.17, 15) is 0 Å².